The van der Waals surface area contributed by atoms with E-state index in [1.807, 2.05) is 0 Å². The molecule has 3 atom stereocenters. The Kier molecular flexibility index (Phi) is 3.87. The van der Waals surface area contributed by atoms with Crippen LogP contribution in [0.2, 0.25) is 0 Å². The maximum atomic E-state index is 3.83. The van der Waals surface area contributed by atoms with E-state index in [9.17, 15) is 0 Å². The van der Waals surface area contributed by atoms with E-state index in [0.29, 0.717) is 0 Å². The molecule has 2 heterocycles. The molecule has 0 radical (unpaired) electrons. The van der Waals surface area contributed by atoms with Crippen LogP contribution in [0.15, 0.2) is 0 Å². The van der Waals surface area contributed by atoms with Crippen LogP contribution in [0, 0.1) is 0 Å². The normalized spacial score (nSPS) is 40.8. The molecule has 2 fully saturated rings. The van der Waals surface area contributed by atoms with Crippen molar-refractivity contribution in [2.75, 3.05) is 17.3 Å². The van der Waals surface area contributed by atoms with Crippen molar-refractivity contribution in [2.24, 2.45) is 0 Å². The maximum Gasteiger partial charge on any atom is 0.0187 e. The zero-order valence-electron chi connectivity index (χ0n) is 8.29. The highest BCUT2D eigenvalue weighted by molar-refractivity contribution is 8.00. The van der Waals surface area contributed by atoms with Crippen molar-refractivity contribution in [1.82, 2.24) is 5.32 Å². The van der Waals surface area contributed by atoms with Gasteiger partial charge in [-0.1, -0.05) is 6.92 Å². The molecule has 2 rings (SSSR count). The van der Waals surface area contributed by atoms with Crippen molar-refractivity contribution in [2.45, 2.75) is 43.5 Å². The third-order valence-electron chi connectivity index (χ3n) is 2.99. The van der Waals surface area contributed by atoms with Gasteiger partial charge in [-0.3, -0.25) is 0 Å². The van der Waals surface area contributed by atoms with Crippen LogP contribution >= 0.6 is 23.5 Å². The Morgan fingerprint density at radius 1 is 1.23 bits per heavy atom. The topological polar surface area (TPSA) is 12.0 Å². The number of nitrogens with one attached hydrogen (secondary N) is 1. The lowest BCUT2D eigenvalue weighted by Crippen LogP contribution is -2.45. The first kappa shape index (κ1) is 10.2. The fourth-order valence-corrected chi connectivity index (χ4v) is 4.43. The maximum absolute atomic E-state index is 3.83. The summed E-state index contributed by atoms with van der Waals surface area (Å²) >= 11 is 4.24. The predicted molar refractivity (Wildman–Crippen MR) is 63.8 cm³/mol. The lowest BCUT2D eigenvalue weighted by molar-refractivity contribution is 0.414. The Balaban J connectivity index is 1.78. The monoisotopic (exact) mass is 217 g/mol. The smallest absolute Gasteiger partial charge is 0.0187 e. The Morgan fingerprint density at radius 3 is 2.85 bits per heavy atom. The predicted octanol–water partition coefficient (Wildman–Crippen LogP) is 2.37. The zero-order valence-corrected chi connectivity index (χ0v) is 9.92. The number of hydrogen-bond donors (Lipinski definition) is 1. The van der Waals surface area contributed by atoms with Crippen molar-refractivity contribution >= 4 is 23.5 Å². The van der Waals surface area contributed by atoms with Crippen molar-refractivity contribution in [3.63, 3.8) is 0 Å². The SMILES string of the molecule is CC1SCCCC1NC1CCSC1. The van der Waals surface area contributed by atoms with Crippen LogP contribution in [-0.4, -0.2) is 34.6 Å². The van der Waals surface area contributed by atoms with Crippen molar-refractivity contribution in [1.29, 1.82) is 0 Å². The summed E-state index contributed by atoms with van der Waals surface area (Å²) in [5, 5.41) is 4.66. The molecular weight excluding hydrogens is 198 g/mol. The summed E-state index contributed by atoms with van der Waals surface area (Å²) in [5.41, 5.74) is 0. The molecule has 3 heteroatoms. The second-order valence-corrected chi connectivity index (χ2v) is 6.69. The molecule has 1 nitrogen and oxygen atoms in total. The Hall–Kier alpha value is 0.660. The van der Waals surface area contributed by atoms with Crippen LogP contribution in [0.25, 0.3) is 0 Å². The van der Waals surface area contributed by atoms with Gasteiger partial charge >= 0.3 is 0 Å². The molecule has 0 aromatic rings. The summed E-state index contributed by atoms with van der Waals surface area (Å²) in [6, 6.07) is 1.61. The summed E-state index contributed by atoms with van der Waals surface area (Å²) in [6.07, 6.45) is 4.19. The van der Waals surface area contributed by atoms with E-state index in [-0.39, 0.29) is 0 Å². The van der Waals surface area contributed by atoms with Crippen LogP contribution in [0.5, 0.6) is 0 Å². The van der Waals surface area contributed by atoms with Gasteiger partial charge in [0.2, 0.25) is 0 Å². The van der Waals surface area contributed by atoms with Crippen LogP contribution in [-0.2, 0) is 0 Å². The molecule has 0 aromatic carbocycles. The first-order chi connectivity index (χ1) is 6.36. The van der Waals surface area contributed by atoms with Crippen molar-refractivity contribution in [3.05, 3.63) is 0 Å². The number of thioether (sulfide) groups is 2. The summed E-state index contributed by atoms with van der Waals surface area (Å²) in [5.74, 6) is 4.08. The molecule has 2 aliphatic heterocycles. The van der Waals surface area contributed by atoms with E-state index in [1.54, 1.807) is 0 Å². The van der Waals surface area contributed by atoms with E-state index in [4.69, 9.17) is 0 Å². The molecule has 0 spiro atoms. The minimum absolute atomic E-state index is 0.794. The first-order valence-electron chi connectivity index (χ1n) is 5.31. The lowest BCUT2D eigenvalue weighted by Gasteiger charge is -2.31. The highest BCUT2D eigenvalue weighted by atomic mass is 32.2. The Labute approximate surface area is 89.8 Å². The van der Waals surface area contributed by atoms with E-state index < -0.39 is 0 Å². The standard InChI is InChI=1S/C10H19NS2/c1-8-10(3-2-5-13-8)11-9-4-6-12-7-9/h8-11H,2-7H2,1H3. The third kappa shape index (κ3) is 2.80. The molecule has 3 unspecified atom stereocenters. The van der Waals surface area contributed by atoms with Crippen molar-refractivity contribution in [3.8, 4) is 0 Å². The van der Waals surface area contributed by atoms with Gasteiger partial charge in [0.25, 0.3) is 0 Å². The van der Waals surface area contributed by atoms with Gasteiger partial charge in [0.05, 0.1) is 0 Å². The van der Waals surface area contributed by atoms with Gasteiger partial charge in [-0.2, -0.15) is 23.5 Å². The quantitative estimate of drug-likeness (QED) is 0.763. The van der Waals surface area contributed by atoms with Crippen LogP contribution in [0.4, 0.5) is 0 Å². The zero-order chi connectivity index (χ0) is 9.10. The average Bonchev–Trinajstić information content (AvgIpc) is 2.61. The molecular formula is C10H19NS2. The summed E-state index contributed by atoms with van der Waals surface area (Å²) in [7, 11) is 0. The van der Waals surface area contributed by atoms with Crippen LogP contribution in [0.3, 0.4) is 0 Å². The molecule has 0 aromatic heterocycles. The van der Waals surface area contributed by atoms with E-state index in [1.165, 1.54) is 36.5 Å². The van der Waals surface area contributed by atoms with Gasteiger partial charge in [0, 0.05) is 23.1 Å². The molecule has 2 aliphatic rings. The van der Waals surface area contributed by atoms with Crippen LogP contribution in [0.1, 0.15) is 26.2 Å². The summed E-state index contributed by atoms with van der Waals surface area (Å²) < 4.78 is 0. The summed E-state index contributed by atoms with van der Waals surface area (Å²) in [6.45, 7) is 2.38. The minimum atomic E-state index is 0.794. The number of hydrogen-bond acceptors (Lipinski definition) is 3. The highest BCUT2D eigenvalue weighted by Gasteiger charge is 2.25. The Bertz CT molecular complexity index is 157. The second kappa shape index (κ2) is 4.94. The molecule has 0 aliphatic carbocycles. The summed E-state index contributed by atoms with van der Waals surface area (Å²) in [4.78, 5) is 0. The van der Waals surface area contributed by atoms with Gasteiger partial charge in [-0.05, 0) is 30.8 Å². The molecule has 0 bridgehead atoms. The largest absolute Gasteiger partial charge is 0.309 e. The lowest BCUT2D eigenvalue weighted by atomic mass is 10.1. The van der Waals surface area contributed by atoms with E-state index in [0.717, 1.165) is 17.3 Å². The fourth-order valence-electron chi connectivity index (χ4n) is 2.11. The molecule has 2 saturated heterocycles. The van der Waals surface area contributed by atoms with Gasteiger partial charge in [0.1, 0.15) is 0 Å². The Morgan fingerprint density at radius 2 is 2.15 bits per heavy atom. The number of rotatable bonds is 2. The molecule has 13 heavy (non-hydrogen) atoms. The third-order valence-corrected chi connectivity index (χ3v) is 5.53. The molecule has 1 N–H and O–H groups in total. The molecule has 76 valence electrons. The fraction of sp³-hybridized carbons (Fsp3) is 1.00. The van der Waals surface area contributed by atoms with Gasteiger partial charge in [-0.25, -0.2) is 0 Å². The van der Waals surface area contributed by atoms with E-state index in [2.05, 4.69) is 35.8 Å². The van der Waals surface area contributed by atoms with Gasteiger partial charge in [-0.15, -0.1) is 0 Å². The molecule has 0 amide bonds. The molecule has 0 saturated carbocycles. The van der Waals surface area contributed by atoms with Crippen molar-refractivity contribution < 1.29 is 0 Å². The second-order valence-electron chi connectivity index (χ2n) is 4.05. The first-order valence-corrected chi connectivity index (χ1v) is 7.52. The van der Waals surface area contributed by atoms with E-state index >= 15 is 0 Å². The van der Waals surface area contributed by atoms with Gasteiger partial charge in [0.15, 0.2) is 0 Å². The van der Waals surface area contributed by atoms with Crippen LogP contribution < -0.4 is 5.32 Å². The minimum Gasteiger partial charge on any atom is -0.309 e. The van der Waals surface area contributed by atoms with Gasteiger partial charge < -0.3 is 5.32 Å². The average molecular weight is 217 g/mol. The highest BCUT2D eigenvalue weighted by Crippen LogP contribution is 2.27.